The van der Waals surface area contributed by atoms with Crippen molar-refractivity contribution in [2.75, 3.05) is 13.1 Å². The predicted molar refractivity (Wildman–Crippen MR) is 72.8 cm³/mol. The molecule has 1 aliphatic carbocycles. The average Bonchev–Trinajstić information content (AvgIpc) is 3.00. The fraction of sp³-hybridized carbons (Fsp3) is 0.667. The molecule has 2 N–H and O–H groups in total. The Morgan fingerprint density at radius 1 is 1.47 bits per heavy atom. The van der Waals surface area contributed by atoms with Crippen LogP contribution in [0.2, 0.25) is 0 Å². The van der Waals surface area contributed by atoms with Crippen LogP contribution in [0.3, 0.4) is 0 Å². The van der Waals surface area contributed by atoms with E-state index in [0.717, 1.165) is 38.5 Å². The van der Waals surface area contributed by atoms with Gasteiger partial charge in [0.15, 0.2) is 0 Å². The minimum Gasteiger partial charge on any atom is -0.393 e. The van der Waals surface area contributed by atoms with Gasteiger partial charge in [0.1, 0.15) is 0 Å². The zero-order valence-corrected chi connectivity index (χ0v) is 10.9. The normalized spacial score (nSPS) is 15.4. The summed E-state index contributed by atoms with van der Waals surface area (Å²) in [5.74, 6) is 0. The molecule has 0 aliphatic heterocycles. The lowest BCUT2D eigenvalue weighted by Gasteiger charge is -2.21. The van der Waals surface area contributed by atoms with Crippen LogP contribution in [0.15, 0.2) is 18.7 Å². The Morgan fingerprint density at radius 2 is 2.29 bits per heavy atom. The summed E-state index contributed by atoms with van der Waals surface area (Å²) in [6.45, 7) is 3.19. The van der Waals surface area contributed by atoms with Crippen LogP contribution >= 0.6 is 12.2 Å². The molecule has 1 fully saturated rings. The third-order valence-electron chi connectivity index (χ3n) is 3.13. The van der Waals surface area contributed by atoms with Crippen LogP contribution in [0, 0.1) is 0 Å². The number of nitrogens with zero attached hydrogens (tertiary/aromatic N) is 3. The molecule has 0 unspecified atom stereocenters. The first-order chi connectivity index (χ1) is 8.25. The highest BCUT2D eigenvalue weighted by Gasteiger charge is 2.28. The maximum Gasteiger partial charge on any atom is 0.0945 e. The van der Waals surface area contributed by atoms with Gasteiger partial charge < -0.3 is 10.3 Å². The molecule has 0 saturated heterocycles. The van der Waals surface area contributed by atoms with Gasteiger partial charge in [-0.1, -0.05) is 12.2 Å². The number of hydrogen-bond donors (Lipinski definition) is 1. The maximum absolute atomic E-state index is 5.56. The molecule has 0 radical (unpaired) electrons. The lowest BCUT2D eigenvalue weighted by atomic mass is 10.3. The standard InChI is InChI=1S/C12H20N4S/c13-12(17)4-8-16(11-2-3-11)7-1-6-15-9-5-14-10-15/h5,9-11H,1-4,6-8H2,(H2,13,17). The van der Waals surface area contributed by atoms with Crippen molar-refractivity contribution in [2.24, 2.45) is 5.73 Å². The molecule has 0 bridgehead atoms. The minimum absolute atomic E-state index is 0.630. The largest absolute Gasteiger partial charge is 0.393 e. The summed E-state index contributed by atoms with van der Waals surface area (Å²) in [7, 11) is 0. The Morgan fingerprint density at radius 3 is 2.88 bits per heavy atom. The monoisotopic (exact) mass is 252 g/mol. The molecular formula is C12H20N4S. The van der Waals surface area contributed by atoms with Gasteiger partial charge in [0, 0.05) is 44.5 Å². The van der Waals surface area contributed by atoms with E-state index in [1.165, 1.54) is 12.8 Å². The summed E-state index contributed by atoms with van der Waals surface area (Å²) >= 11 is 4.94. The molecule has 0 atom stereocenters. The molecule has 0 spiro atoms. The molecule has 2 rings (SSSR count). The summed E-state index contributed by atoms with van der Waals surface area (Å²) < 4.78 is 2.12. The quantitative estimate of drug-likeness (QED) is 0.711. The Kier molecular flexibility index (Phi) is 4.50. The predicted octanol–water partition coefficient (Wildman–Crippen LogP) is 1.41. The van der Waals surface area contributed by atoms with Crippen LogP contribution in [-0.2, 0) is 6.54 Å². The number of nitrogens with two attached hydrogens (primary N) is 1. The smallest absolute Gasteiger partial charge is 0.0945 e. The number of imidazole rings is 1. The number of aromatic nitrogens is 2. The maximum atomic E-state index is 5.56. The molecule has 17 heavy (non-hydrogen) atoms. The van der Waals surface area contributed by atoms with E-state index >= 15 is 0 Å². The molecule has 1 aliphatic rings. The second-order valence-electron chi connectivity index (χ2n) is 4.64. The molecule has 1 aromatic rings. The SMILES string of the molecule is NC(=S)CCN(CCCn1ccnc1)C1CC1. The summed E-state index contributed by atoms with van der Waals surface area (Å²) in [4.78, 5) is 7.20. The van der Waals surface area contributed by atoms with Gasteiger partial charge in [0.2, 0.25) is 0 Å². The van der Waals surface area contributed by atoms with Gasteiger partial charge in [0.25, 0.3) is 0 Å². The van der Waals surface area contributed by atoms with E-state index in [0.29, 0.717) is 4.99 Å². The van der Waals surface area contributed by atoms with Gasteiger partial charge in [-0.2, -0.15) is 0 Å². The fourth-order valence-electron chi connectivity index (χ4n) is 2.05. The summed E-state index contributed by atoms with van der Waals surface area (Å²) in [6, 6.07) is 0.784. The third kappa shape index (κ3) is 4.44. The van der Waals surface area contributed by atoms with E-state index in [2.05, 4.69) is 14.5 Å². The van der Waals surface area contributed by atoms with Crippen LogP contribution < -0.4 is 5.73 Å². The van der Waals surface area contributed by atoms with Crippen molar-refractivity contribution in [3.8, 4) is 0 Å². The summed E-state index contributed by atoms with van der Waals surface area (Å²) in [5, 5.41) is 0. The van der Waals surface area contributed by atoms with E-state index in [9.17, 15) is 0 Å². The van der Waals surface area contributed by atoms with Gasteiger partial charge in [-0.05, 0) is 19.3 Å². The Balaban J connectivity index is 1.68. The van der Waals surface area contributed by atoms with E-state index in [1.54, 1.807) is 0 Å². The first-order valence-corrected chi connectivity index (χ1v) is 6.64. The minimum atomic E-state index is 0.630. The molecule has 1 saturated carbocycles. The van der Waals surface area contributed by atoms with Gasteiger partial charge in [0.05, 0.1) is 11.3 Å². The highest BCUT2D eigenvalue weighted by molar-refractivity contribution is 7.80. The van der Waals surface area contributed by atoms with E-state index in [4.69, 9.17) is 18.0 Å². The van der Waals surface area contributed by atoms with Gasteiger partial charge in [-0.15, -0.1) is 0 Å². The van der Waals surface area contributed by atoms with Gasteiger partial charge in [-0.25, -0.2) is 4.98 Å². The molecule has 4 nitrogen and oxygen atoms in total. The number of thiocarbonyl (C=S) groups is 1. The first kappa shape index (κ1) is 12.5. The number of rotatable bonds is 8. The topological polar surface area (TPSA) is 47.1 Å². The Bertz CT molecular complexity index is 345. The second kappa shape index (κ2) is 6.12. The van der Waals surface area contributed by atoms with Crippen molar-refractivity contribution in [1.29, 1.82) is 0 Å². The molecular weight excluding hydrogens is 232 g/mol. The van der Waals surface area contributed by atoms with Crippen LogP contribution in [0.5, 0.6) is 0 Å². The number of hydrogen-bond acceptors (Lipinski definition) is 3. The van der Waals surface area contributed by atoms with E-state index in [-0.39, 0.29) is 0 Å². The van der Waals surface area contributed by atoms with Crippen molar-refractivity contribution in [3.63, 3.8) is 0 Å². The fourth-order valence-corrected chi connectivity index (χ4v) is 2.14. The van der Waals surface area contributed by atoms with Gasteiger partial charge >= 0.3 is 0 Å². The molecule has 1 aromatic heterocycles. The van der Waals surface area contributed by atoms with Crippen molar-refractivity contribution < 1.29 is 0 Å². The lowest BCUT2D eigenvalue weighted by molar-refractivity contribution is 0.262. The molecule has 1 heterocycles. The Hall–Kier alpha value is -0.940. The molecule has 5 heteroatoms. The van der Waals surface area contributed by atoms with Crippen molar-refractivity contribution >= 4 is 17.2 Å². The number of aryl methyl sites for hydroxylation is 1. The zero-order valence-electron chi connectivity index (χ0n) is 10.1. The third-order valence-corrected chi connectivity index (χ3v) is 3.33. The second-order valence-corrected chi connectivity index (χ2v) is 5.16. The zero-order chi connectivity index (χ0) is 12.1. The van der Waals surface area contributed by atoms with Crippen molar-refractivity contribution in [2.45, 2.75) is 38.3 Å². The highest BCUT2D eigenvalue weighted by Crippen LogP contribution is 2.26. The Labute approximate surface area is 108 Å². The average molecular weight is 252 g/mol. The highest BCUT2D eigenvalue weighted by atomic mass is 32.1. The summed E-state index contributed by atoms with van der Waals surface area (Å²) in [6.07, 6.45) is 10.4. The van der Waals surface area contributed by atoms with Crippen LogP contribution in [-0.4, -0.2) is 38.6 Å². The van der Waals surface area contributed by atoms with Crippen molar-refractivity contribution in [3.05, 3.63) is 18.7 Å². The molecule has 0 amide bonds. The van der Waals surface area contributed by atoms with Crippen molar-refractivity contribution in [1.82, 2.24) is 14.5 Å². The van der Waals surface area contributed by atoms with E-state index in [1.807, 2.05) is 18.7 Å². The van der Waals surface area contributed by atoms with Gasteiger partial charge in [-0.3, -0.25) is 4.90 Å². The molecule has 0 aromatic carbocycles. The summed E-state index contributed by atoms with van der Waals surface area (Å²) in [5.41, 5.74) is 5.56. The van der Waals surface area contributed by atoms with Crippen LogP contribution in [0.4, 0.5) is 0 Å². The first-order valence-electron chi connectivity index (χ1n) is 6.24. The molecule has 94 valence electrons. The lowest BCUT2D eigenvalue weighted by Crippen LogP contribution is -2.31. The van der Waals surface area contributed by atoms with Crippen LogP contribution in [0.25, 0.3) is 0 Å². The van der Waals surface area contributed by atoms with Crippen LogP contribution in [0.1, 0.15) is 25.7 Å². The van der Waals surface area contributed by atoms with E-state index < -0.39 is 0 Å².